The lowest BCUT2D eigenvalue weighted by molar-refractivity contribution is 0.101. The van der Waals surface area contributed by atoms with Gasteiger partial charge in [0.1, 0.15) is 5.69 Å². The van der Waals surface area contributed by atoms with Gasteiger partial charge in [0.2, 0.25) is 0 Å². The van der Waals surface area contributed by atoms with Crippen LogP contribution < -0.4 is 4.90 Å². The molecule has 0 spiro atoms. The van der Waals surface area contributed by atoms with Crippen molar-refractivity contribution in [3.8, 4) is 0 Å². The minimum Gasteiger partial charge on any atom is -0.368 e. The molecule has 0 aliphatic carbocycles. The van der Waals surface area contributed by atoms with Crippen LogP contribution in [0.4, 0.5) is 5.69 Å². The second-order valence-corrected chi connectivity index (χ2v) is 4.79. The van der Waals surface area contributed by atoms with Crippen LogP contribution in [0.1, 0.15) is 30.8 Å². The number of pyridine rings is 1. The molecular formula is C14H21N3O. The van der Waals surface area contributed by atoms with Crippen molar-refractivity contribution < 1.29 is 4.79 Å². The number of hydrogen-bond donors (Lipinski definition) is 0. The Hall–Kier alpha value is -1.42. The van der Waals surface area contributed by atoms with E-state index in [2.05, 4.69) is 21.7 Å². The number of anilines is 1. The molecule has 1 fully saturated rings. The quantitative estimate of drug-likeness (QED) is 0.760. The third-order valence-corrected chi connectivity index (χ3v) is 3.39. The fourth-order valence-corrected chi connectivity index (χ4v) is 2.33. The Morgan fingerprint density at radius 2 is 2.00 bits per heavy atom. The summed E-state index contributed by atoms with van der Waals surface area (Å²) in [4.78, 5) is 20.2. The number of carbonyl (C=O) groups is 1. The molecule has 0 radical (unpaired) electrons. The maximum Gasteiger partial charge on any atom is 0.178 e. The van der Waals surface area contributed by atoms with Gasteiger partial charge < -0.3 is 4.90 Å². The van der Waals surface area contributed by atoms with Crippen molar-refractivity contribution in [2.24, 2.45) is 0 Å². The summed E-state index contributed by atoms with van der Waals surface area (Å²) in [7, 11) is 0. The molecule has 0 saturated carbocycles. The lowest BCUT2D eigenvalue weighted by Gasteiger charge is -2.35. The van der Waals surface area contributed by atoms with E-state index in [9.17, 15) is 4.79 Å². The fourth-order valence-electron chi connectivity index (χ4n) is 2.33. The van der Waals surface area contributed by atoms with Crippen molar-refractivity contribution >= 4 is 11.5 Å². The van der Waals surface area contributed by atoms with E-state index in [1.165, 1.54) is 13.0 Å². The predicted octanol–water partition coefficient (Wildman–Crippen LogP) is 1.82. The number of piperazine rings is 1. The highest BCUT2D eigenvalue weighted by atomic mass is 16.1. The monoisotopic (exact) mass is 247 g/mol. The average Bonchev–Trinajstić information content (AvgIpc) is 2.40. The van der Waals surface area contributed by atoms with Crippen LogP contribution >= 0.6 is 0 Å². The highest BCUT2D eigenvalue weighted by molar-refractivity contribution is 5.92. The number of nitrogens with zero attached hydrogens (tertiary/aromatic N) is 3. The van der Waals surface area contributed by atoms with E-state index in [-0.39, 0.29) is 5.78 Å². The van der Waals surface area contributed by atoms with Gasteiger partial charge in [0.25, 0.3) is 0 Å². The summed E-state index contributed by atoms with van der Waals surface area (Å²) in [6.07, 6.45) is 3.03. The Kier molecular flexibility index (Phi) is 4.31. The zero-order chi connectivity index (χ0) is 13.0. The minimum absolute atomic E-state index is 0.0225. The number of Topliss-reactive ketones (excluding diaryl/α,β-unsaturated/α-hetero) is 1. The van der Waals surface area contributed by atoms with Crippen molar-refractivity contribution in [3.63, 3.8) is 0 Å². The Labute approximate surface area is 109 Å². The first kappa shape index (κ1) is 13.0. The summed E-state index contributed by atoms with van der Waals surface area (Å²) >= 11 is 0. The van der Waals surface area contributed by atoms with Gasteiger partial charge in [-0.05, 0) is 25.1 Å². The molecule has 4 heteroatoms. The number of hydrogen-bond acceptors (Lipinski definition) is 4. The van der Waals surface area contributed by atoms with E-state index >= 15 is 0 Å². The van der Waals surface area contributed by atoms with Crippen molar-refractivity contribution in [2.75, 3.05) is 37.6 Å². The molecule has 2 heterocycles. The number of rotatable bonds is 4. The number of carbonyl (C=O) groups excluding carboxylic acids is 1. The van der Waals surface area contributed by atoms with E-state index in [1.807, 2.05) is 18.3 Å². The summed E-state index contributed by atoms with van der Waals surface area (Å²) in [5.41, 5.74) is 1.67. The zero-order valence-electron chi connectivity index (χ0n) is 11.2. The first-order valence-corrected chi connectivity index (χ1v) is 6.65. The molecule has 1 aliphatic heterocycles. The predicted molar refractivity (Wildman–Crippen MR) is 73.2 cm³/mol. The Morgan fingerprint density at radius 3 is 2.50 bits per heavy atom. The molecule has 1 aromatic rings. The molecule has 0 unspecified atom stereocenters. The maximum atomic E-state index is 11.2. The van der Waals surface area contributed by atoms with Crippen LogP contribution in [0, 0.1) is 0 Å². The standard InChI is InChI=1S/C14H21N3O/c1-3-6-16-7-9-17(10-8-16)13-4-5-14(12(2)18)15-11-13/h4-5,11H,3,6-10H2,1-2H3. The molecular weight excluding hydrogens is 226 g/mol. The molecule has 1 aromatic heterocycles. The summed E-state index contributed by atoms with van der Waals surface area (Å²) < 4.78 is 0. The van der Waals surface area contributed by atoms with Gasteiger partial charge in [0, 0.05) is 33.1 Å². The lowest BCUT2D eigenvalue weighted by Crippen LogP contribution is -2.46. The summed E-state index contributed by atoms with van der Waals surface area (Å²) in [6.45, 7) is 9.27. The topological polar surface area (TPSA) is 36.4 Å². The van der Waals surface area contributed by atoms with E-state index in [0.29, 0.717) is 5.69 Å². The van der Waals surface area contributed by atoms with Crippen LogP contribution in [-0.2, 0) is 0 Å². The van der Waals surface area contributed by atoms with Crippen LogP contribution in [0.3, 0.4) is 0 Å². The van der Waals surface area contributed by atoms with E-state index < -0.39 is 0 Å². The van der Waals surface area contributed by atoms with Crippen molar-refractivity contribution in [1.82, 2.24) is 9.88 Å². The van der Waals surface area contributed by atoms with Crippen LogP contribution in [0.25, 0.3) is 0 Å². The Bertz CT molecular complexity index is 394. The summed E-state index contributed by atoms with van der Waals surface area (Å²) in [6, 6.07) is 3.81. The highest BCUT2D eigenvalue weighted by Crippen LogP contribution is 2.15. The molecule has 0 atom stereocenters. The normalized spacial score (nSPS) is 16.9. The molecule has 0 aromatic carbocycles. The third-order valence-electron chi connectivity index (χ3n) is 3.39. The van der Waals surface area contributed by atoms with Crippen molar-refractivity contribution in [2.45, 2.75) is 20.3 Å². The Morgan fingerprint density at radius 1 is 1.28 bits per heavy atom. The van der Waals surface area contributed by atoms with Gasteiger partial charge in [-0.1, -0.05) is 6.92 Å². The fraction of sp³-hybridized carbons (Fsp3) is 0.571. The highest BCUT2D eigenvalue weighted by Gasteiger charge is 2.16. The second-order valence-electron chi connectivity index (χ2n) is 4.79. The van der Waals surface area contributed by atoms with Gasteiger partial charge in [-0.25, -0.2) is 0 Å². The van der Waals surface area contributed by atoms with Gasteiger partial charge in [-0.2, -0.15) is 0 Å². The molecule has 0 amide bonds. The van der Waals surface area contributed by atoms with Gasteiger partial charge in [0.15, 0.2) is 5.78 Å². The largest absolute Gasteiger partial charge is 0.368 e. The van der Waals surface area contributed by atoms with Crippen LogP contribution in [0.2, 0.25) is 0 Å². The van der Waals surface area contributed by atoms with Crippen molar-refractivity contribution in [1.29, 1.82) is 0 Å². The SMILES string of the molecule is CCCN1CCN(c2ccc(C(C)=O)nc2)CC1. The minimum atomic E-state index is 0.0225. The zero-order valence-corrected chi connectivity index (χ0v) is 11.2. The second kappa shape index (κ2) is 5.96. The van der Waals surface area contributed by atoms with Crippen LogP contribution in [-0.4, -0.2) is 48.4 Å². The third kappa shape index (κ3) is 3.07. The maximum absolute atomic E-state index is 11.2. The van der Waals surface area contributed by atoms with Gasteiger partial charge >= 0.3 is 0 Å². The van der Waals surface area contributed by atoms with E-state index in [4.69, 9.17) is 0 Å². The van der Waals surface area contributed by atoms with Gasteiger partial charge in [-0.3, -0.25) is 14.7 Å². The summed E-state index contributed by atoms with van der Waals surface area (Å²) in [5, 5.41) is 0. The summed E-state index contributed by atoms with van der Waals surface area (Å²) in [5.74, 6) is 0.0225. The molecule has 1 aliphatic rings. The average molecular weight is 247 g/mol. The smallest absolute Gasteiger partial charge is 0.178 e. The molecule has 0 N–H and O–H groups in total. The molecule has 1 saturated heterocycles. The molecule has 0 bridgehead atoms. The van der Waals surface area contributed by atoms with E-state index in [1.54, 1.807) is 6.92 Å². The van der Waals surface area contributed by atoms with Crippen LogP contribution in [0.15, 0.2) is 18.3 Å². The lowest BCUT2D eigenvalue weighted by atomic mass is 10.2. The van der Waals surface area contributed by atoms with Crippen molar-refractivity contribution in [3.05, 3.63) is 24.0 Å². The van der Waals surface area contributed by atoms with E-state index in [0.717, 1.165) is 31.9 Å². The van der Waals surface area contributed by atoms with Gasteiger partial charge in [0.05, 0.1) is 11.9 Å². The molecule has 18 heavy (non-hydrogen) atoms. The molecule has 2 rings (SSSR count). The molecule has 4 nitrogen and oxygen atoms in total. The van der Waals surface area contributed by atoms with Crippen LogP contribution in [0.5, 0.6) is 0 Å². The first-order chi connectivity index (χ1) is 8.70. The first-order valence-electron chi connectivity index (χ1n) is 6.65. The Balaban J connectivity index is 1.95. The molecule has 98 valence electrons. The number of aromatic nitrogens is 1. The van der Waals surface area contributed by atoms with Gasteiger partial charge in [-0.15, -0.1) is 0 Å². The number of ketones is 1.